The van der Waals surface area contributed by atoms with Crippen LogP contribution in [0.3, 0.4) is 0 Å². The zero-order chi connectivity index (χ0) is 11.5. The van der Waals surface area contributed by atoms with E-state index in [9.17, 15) is 0 Å². The predicted molar refractivity (Wildman–Crippen MR) is 69.2 cm³/mol. The quantitative estimate of drug-likeness (QED) is 0.749. The van der Waals surface area contributed by atoms with E-state index in [4.69, 9.17) is 23.2 Å². The average molecular weight is 257 g/mol. The molecule has 0 saturated carbocycles. The van der Waals surface area contributed by atoms with Crippen LogP contribution in [0.2, 0.25) is 5.02 Å². The Morgan fingerprint density at radius 2 is 2.19 bits per heavy atom. The highest BCUT2D eigenvalue weighted by molar-refractivity contribution is 6.31. The summed E-state index contributed by atoms with van der Waals surface area (Å²) in [6.45, 7) is 3.13. The van der Waals surface area contributed by atoms with Crippen LogP contribution in [0.15, 0.2) is 18.2 Å². The van der Waals surface area contributed by atoms with Crippen molar-refractivity contribution in [2.45, 2.75) is 32.2 Å². The van der Waals surface area contributed by atoms with Crippen LogP contribution in [0.25, 0.3) is 11.0 Å². The van der Waals surface area contributed by atoms with Gasteiger partial charge >= 0.3 is 0 Å². The number of alkyl halides is 1. The molecule has 1 aromatic heterocycles. The van der Waals surface area contributed by atoms with Gasteiger partial charge in [-0.05, 0) is 24.6 Å². The first kappa shape index (κ1) is 11.7. The number of halogens is 2. The molecule has 4 heteroatoms. The molecule has 16 heavy (non-hydrogen) atoms. The summed E-state index contributed by atoms with van der Waals surface area (Å²) in [6, 6.07) is 5.75. The second-order valence-corrected chi connectivity index (χ2v) is 4.50. The van der Waals surface area contributed by atoms with Crippen LogP contribution >= 0.6 is 23.2 Å². The first-order valence-electron chi connectivity index (χ1n) is 5.47. The zero-order valence-corrected chi connectivity index (χ0v) is 10.7. The Labute approximate surface area is 105 Å². The number of benzene rings is 1. The molecule has 0 aliphatic carbocycles. The summed E-state index contributed by atoms with van der Waals surface area (Å²) in [5.41, 5.74) is 2.05. The van der Waals surface area contributed by atoms with Crippen molar-refractivity contribution in [3.8, 4) is 0 Å². The number of rotatable bonds is 4. The maximum Gasteiger partial charge on any atom is 0.124 e. The second kappa shape index (κ2) is 5.07. The standard InChI is InChI=1S/C12H14Cl2N2/c1-2-3-6-16-11-7-9(14)4-5-10(11)15-12(16)8-13/h4-5,7H,2-3,6,8H2,1H3. The molecule has 0 radical (unpaired) electrons. The smallest absolute Gasteiger partial charge is 0.124 e. The number of hydrogen-bond donors (Lipinski definition) is 0. The van der Waals surface area contributed by atoms with Crippen molar-refractivity contribution in [2.24, 2.45) is 0 Å². The first-order valence-corrected chi connectivity index (χ1v) is 6.38. The third kappa shape index (κ3) is 2.18. The minimum Gasteiger partial charge on any atom is -0.327 e. The van der Waals surface area contributed by atoms with Gasteiger partial charge in [-0.15, -0.1) is 11.6 Å². The van der Waals surface area contributed by atoms with Gasteiger partial charge in [0.2, 0.25) is 0 Å². The van der Waals surface area contributed by atoms with E-state index in [1.807, 2.05) is 18.2 Å². The molecule has 2 rings (SSSR count). The largest absolute Gasteiger partial charge is 0.327 e. The van der Waals surface area contributed by atoms with Gasteiger partial charge in [-0.25, -0.2) is 4.98 Å². The number of unbranched alkanes of at least 4 members (excludes halogenated alkanes) is 1. The van der Waals surface area contributed by atoms with Crippen molar-refractivity contribution in [2.75, 3.05) is 0 Å². The van der Waals surface area contributed by atoms with E-state index in [2.05, 4.69) is 16.5 Å². The molecule has 0 spiro atoms. The number of aryl methyl sites for hydroxylation is 1. The second-order valence-electron chi connectivity index (χ2n) is 3.80. The molecule has 0 aliphatic rings. The topological polar surface area (TPSA) is 17.8 Å². The van der Waals surface area contributed by atoms with Gasteiger partial charge in [-0.1, -0.05) is 24.9 Å². The lowest BCUT2D eigenvalue weighted by Crippen LogP contribution is -2.02. The highest BCUT2D eigenvalue weighted by atomic mass is 35.5. The Morgan fingerprint density at radius 3 is 2.88 bits per heavy atom. The van der Waals surface area contributed by atoms with Crippen LogP contribution < -0.4 is 0 Å². The van der Waals surface area contributed by atoms with Crippen LogP contribution in [-0.4, -0.2) is 9.55 Å². The average Bonchev–Trinajstić information content (AvgIpc) is 2.63. The third-order valence-corrected chi connectivity index (χ3v) is 3.12. The summed E-state index contributed by atoms with van der Waals surface area (Å²) in [7, 11) is 0. The van der Waals surface area contributed by atoms with Crippen LogP contribution in [0.4, 0.5) is 0 Å². The number of aromatic nitrogens is 2. The molecular weight excluding hydrogens is 243 g/mol. The van der Waals surface area contributed by atoms with E-state index < -0.39 is 0 Å². The van der Waals surface area contributed by atoms with Gasteiger partial charge in [0, 0.05) is 11.6 Å². The summed E-state index contributed by atoms with van der Waals surface area (Å²) in [4.78, 5) is 4.50. The van der Waals surface area contributed by atoms with Crippen molar-refractivity contribution < 1.29 is 0 Å². The lowest BCUT2D eigenvalue weighted by atomic mass is 10.3. The van der Waals surface area contributed by atoms with Crippen LogP contribution in [0, 0.1) is 0 Å². The summed E-state index contributed by atoms with van der Waals surface area (Å²) in [5, 5.41) is 0.742. The van der Waals surface area contributed by atoms with Crippen molar-refractivity contribution in [3.05, 3.63) is 29.0 Å². The van der Waals surface area contributed by atoms with Gasteiger partial charge in [-0.2, -0.15) is 0 Å². The Bertz CT molecular complexity index is 491. The molecule has 1 aromatic carbocycles. The Morgan fingerprint density at radius 1 is 1.38 bits per heavy atom. The van der Waals surface area contributed by atoms with E-state index in [0.29, 0.717) is 5.88 Å². The van der Waals surface area contributed by atoms with Crippen molar-refractivity contribution in [1.29, 1.82) is 0 Å². The van der Waals surface area contributed by atoms with Gasteiger partial charge in [0.05, 0.1) is 16.9 Å². The molecular formula is C12H14Cl2N2. The Kier molecular flexibility index (Phi) is 3.72. The van der Waals surface area contributed by atoms with Gasteiger partial charge < -0.3 is 4.57 Å². The predicted octanol–water partition coefficient (Wildman–Crippen LogP) is 4.23. The van der Waals surface area contributed by atoms with E-state index >= 15 is 0 Å². The number of nitrogens with zero attached hydrogens (tertiary/aromatic N) is 2. The van der Waals surface area contributed by atoms with E-state index in [1.54, 1.807) is 0 Å². The fourth-order valence-corrected chi connectivity index (χ4v) is 2.18. The summed E-state index contributed by atoms with van der Waals surface area (Å²) in [6.07, 6.45) is 2.28. The molecule has 0 bridgehead atoms. The lowest BCUT2D eigenvalue weighted by Gasteiger charge is -2.06. The van der Waals surface area contributed by atoms with E-state index in [-0.39, 0.29) is 0 Å². The van der Waals surface area contributed by atoms with Crippen molar-refractivity contribution in [3.63, 3.8) is 0 Å². The maximum absolute atomic E-state index is 6.00. The molecule has 0 fully saturated rings. The number of fused-ring (bicyclic) bond motifs is 1. The molecule has 1 heterocycles. The normalized spacial score (nSPS) is 11.2. The number of hydrogen-bond acceptors (Lipinski definition) is 1. The van der Waals surface area contributed by atoms with Gasteiger partial charge in [0.1, 0.15) is 5.82 Å². The van der Waals surface area contributed by atoms with E-state index in [1.165, 1.54) is 0 Å². The molecule has 0 aliphatic heterocycles. The van der Waals surface area contributed by atoms with Gasteiger partial charge in [0.15, 0.2) is 0 Å². The highest BCUT2D eigenvalue weighted by Gasteiger charge is 2.09. The molecule has 0 atom stereocenters. The summed E-state index contributed by atoms with van der Waals surface area (Å²) >= 11 is 11.9. The fraction of sp³-hybridized carbons (Fsp3) is 0.417. The molecule has 0 N–H and O–H groups in total. The molecule has 0 amide bonds. The lowest BCUT2D eigenvalue weighted by molar-refractivity contribution is 0.628. The fourth-order valence-electron chi connectivity index (χ4n) is 1.81. The molecule has 0 unspecified atom stereocenters. The van der Waals surface area contributed by atoms with Gasteiger partial charge in [0.25, 0.3) is 0 Å². The monoisotopic (exact) mass is 256 g/mol. The molecule has 2 aromatic rings. The summed E-state index contributed by atoms with van der Waals surface area (Å²) in [5.74, 6) is 1.36. The highest BCUT2D eigenvalue weighted by Crippen LogP contribution is 2.22. The minimum atomic E-state index is 0.440. The SMILES string of the molecule is CCCCn1c(CCl)nc2ccc(Cl)cc21. The number of imidazole rings is 1. The molecule has 0 saturated heterocycles. The van der Waals surface area contributed by atoms with Crippen molar-refractivity contribution in [1.82, 2.24) is 9.55 Å². The summed E-state index contributed by atoms with van der Waals surface area (Å²) < 4.78 is 2.16. The minimum absolute atomic E-state index is 0.440. The van der Waals surface area contributed by atoms with Crippen LogP contribution in [0.1, 0.15) is 25.6 Å². The first-order chi connectivity index (χ1) is 7.76. The molecule has 86 valence electrons. The van der Waals surface area contributed by atoms with Crippen LogP contribution in [-0.2, 0) is 12.4 Å². The zero-order valence-electron chi connectivity index (χ0n) is 9.21. The third-order valence-electron chi connectivity index (χ3n) is 2.64. The maximum atomic E-state index is 6.00. The van der Waals surface area contributed by atoms with Crippen LogP contribution in [0.5, 0.6) is 0 Å². The van der Waals surface area contributed by atoms with E-state index in [0.717, 1.165) is 41.3 Å². The molecule has 2 nitrogen and oxygen atoms in total. The van der Waals surface area contributed by atoms with Gasteiger partial charge in [-0.3, -0.25) is 0 Å². The Balaban J connectivity index is 2.52. The van der Waals surface area contributed by atoms with Crippen molar-refractivity contribution >= 4 is 34.2 Å². The Hall–Kier alpha value is -0.730.